The number of hydrogen-bond donors (Lipinski definition) is 18. The molecule has 8 aliphatic heterocycles. The summed E-state index contributed by atoms with van der Waals surface area (Å²) in [6.45, 7) is 7.36. The third-order valence-corrected chi connectivity index (χ3v) is 24.1. The number of aliphatic hydroxyl groups is 8. The number of amides is 5. The van der Waals surface area contributed by atoms with Crippen LogP contribution < -0.4 is 46.9 Å². The lowest BCUT2D eigenvalue weighted by Crippen LogP contribution is -2.64. The molecular formula is C85H98Cl2N6O28. The molecule has 0 aromatic heterocycles. The van der Waals surface area contributed by atoms with Gasteiger partial charge in [0.1, 0.15) is 102 Å². The number of aromatic hydroxyl groups is 3. The van der Waals surface area contributed by atoms with Crippen LogP contribution in [-0.4, -0.2) is 212 Å². The number of halogens is 2. The summed E-state index contributed by atoms with van der Waals surface area (Å²) >= 11 is 14.5. The predicted octanol–water partition coefficient (Wildman–Crippen LogP) is 4.94. The van der Waals surface area contributed by atoms with E-state index in [4.69, 9.17) is 72.6 Å². The number of rotatable bonds is 19. The van der Waals surface area contributed by atoms with Crippen LogP contribution in [0.25, 0.3) is 11.1 Å². The Morgan fingerprint density at radius 1 is 0.669 bits per heavy atom. The monoisotopic (exact) mass is 1720 g/mol. The highest BCUT2D eigenvalue weighted by molar-refractivity contribution is 6.32. The molecule has 20 N–H and O–H groups in total. The second kappa shape index (κ2) is 36.8. The SMILES string of the molecule is CC[C@H](CC(C)C)C(=O)N[C@H]1C(=O)C[C@@H](CC(N)=O)C(=O)N[C@H]2C(=O)C[C@H]3C(=O)N[C@H](C(=O)N[C@@H](C(=O)O)c4cc(O)cc(O)c4-c4cc3ccc4O)[C@H](OC3C[C@](C)(N)[C@@H](O)[C@H](C)O3)c3ccc(c(Cl)c3)Oc3cc2cc(c3O[C@@H]2O[C@H](CO)[C@@H](O[C@@H]3O[C@H](CC[C@@H]4C[C@H]4c4ccccc4)[C@H](O)[C@H](O)[C@H]3O)[C@H](O)[C@H]2O)Oc2ccc(cc2Cl)[C@H]1O. The molecule has 121 heavy (non-hydrogen) atoms. The first-order chi connectivity index (χ1) is 57.4. The molecule has 0 spiro atoms. The van der Waals surface area contributed by atoms with E-state index in [9.17, 15) is 75.7 Å². The van der Waals surface area contributed by atoms with Gasteiger partial charge < -0.3 is 132 Å². The summed E-state index contributed by atoms with van der Waals surface area (Å²) in [5.41, 5.74) is 9.71. The maximum Gasteiger partial charge on any atom is 0.330 e. The topological polar surface area (TPSA) is 553 Å². The van der Waals surface area contributed by atoms with Crippen LogP contribution in [0, 0.1) is 23.7 Å². The number of fused-ring (bicyclic) bond motifs is 15. The number of nitrogens with one attached hydrogen (secondary N) is 4. The lowest BCUT2D eigenvalue weighted by molar-refractivity contribution is -0.351. The van der Waals surface area contributed by atoms with Gasteiger partial charge in [-0.15, -0.1) is 0 Å². The van der Waals surface area contributed by atoms with Gasteiger partial charge in [0, 0.05) is 59.9 Å². The van der Waals surface area contributed by atoms with E-state index in [-0.39, 0.29) is 64.5 Å². The summed E-state index contributed by atoms with van der Waals surface area (Å²) in [6.07, 6.45) is -28.0. The van der Waals surface area contributed by atoms with Gasteiger partial charge in [0.05, 0.1) is 46.8 Å². The number of carbonyl (C=O) groups excluding carboxylic acids is 7. The molecule has 650 valence electrons. The molecule has 8 heterocycles. The van der Waals surface area contributed by atoms with Crippen molar-refractivity contribution in [2.75, 3.05) is 6.61 Å². The fourth-order valence-corrected chi connectivity index (χ4v) is 17.3. The van der Waals surface area contributed by atoms with Crippen molar-refractivity contribution in [2.45, 2.75) is 226 Å². The molecule has 0 radical (unpaired) electrons. The van der Waals surface area contributed by atoms with Gasteiger partial charge in [0.25, 0.3) is 0 Å². The number of Topliss-reactive ketones (excluding diaryl/α,β-unsaturated/α-hetero) is 2. The van der Waals surface area contributed by atoms with Gasteiger partial charge in [-0.2, -0.15) is 0 Å². The standard InChI is InChI=1S/C85H98Cl2N6O28/c1-6-36(20-34(2)3)78(108)92-66-53(98)25-43(28-61(88)100)79(109)90-64-42-26-58(115-55-17-14-40(68(66)101)23-49(55)86)75(120-84-73(106)71(104)76(60(33-94)118-84)121-83-72(105)70(103)69(102)57(117-83)19-13-38-21-45(38)37-10-8-7-9-11-37)59(27-42)116-56-18-15-41(24-50(56)87)74(119-62-32-85(5,89)77(107)35(4)114-62)67-81(111)91-65(82(112)113)48-29-44(95)30-52(97)63(48)47-22-39(12-16-51(47)96)46(31-54(64)99)80(110)93-67/h7-12,14-18,22-24,26-27,29-30,34-36,38,43,45-46,57,60,62,64-74,76-77,83-84,94-97,101-107H,6,13,19-21,25,28,31-33,89H2,1-5H3,(H2,88,100)(H,90,109)(H,91,111)(H,92,108)(H,93,110)(H,112,113)/t35-,36+,38+,43-,45-,46+,57+,60+,62?,64+,65+,66-,67-,68+,69-,70-,71+,72+,73+,74+,76+,77-,83-,84-,85-/m0/s1. The van der Waals surface area contributed by atoms with Crippen molar-refractivity contribution < 1.29 is 138 Å². The van der Waals surface area contributed by atoms with Gasteiger partial charge >= 0.3 is 5.97 Å². The maximum absolute atomic E-state index is 16.6. The zero-order valence-corrected chi connectivity index (χ0v) is 67.7. The second-order valence-electron chi connectivity index (χ2n) is 32.8. The van der Waals surface area contributed by atoms with Crippen LogP contribution in [0.5, 0.6) is 46.0 Å². The lowest BCUT2D eigenvalue weighted by Gasteiger charge is -2.46. The van der Waals surface area contributed by atoms with Crippen molar-refractivity contribution in [1.82, 2.24) is 21.3 Å². The Labute approximate surface area is 703 Å². The van der Waals surface area contributed by atoms with Gasteiger partial charge in [0.15, 0.2) is 41.7 Å². The summed E-state index contributed by atoms with van der Waals surface area (Å²) < 4.78 is 51.5. The molecule has 6 aromatic carbocycles. The number of aliphatic carboxylic acids is 1. The van der Waals surface area contributed by atoms with E-state index in [0.717, 1.165) is 54.4 Å². The smallest absolute Gasteiger partial charge is 0.330 e. The highest BCUT2D eigenvalue weighted by Crippen LogP contribution is 2.53. The minimum absolute atomic E-state index is 0.0397. The molecule has 34 nitrogen and oxygen atoms in total. The molecule has 15 rings (SSSR count). The highest BCUT2D eigenvalue weighted by atomic mass is 35.5. The molecule has 6 aromatic rings. The lowest BCUT2D eigenvalue weighted by atomic mass is 9.84. The molecule has 1 saturated carbocycles. The van der Waals surface area contributed by atoms with E-state index in [1.165, 1.54) is 50.2 Å². The number of aliphatic hydroxyl groups excluding tert-OH is 8. The number of carboxylic acid groups (broad SMARTS) is 1. The number of benzene rings is 6. The molecule has 5 amide bonds. The number of primary amides is 1. The van der Waals surface area contributed by atoms with Crippen molar-refractivity contribution in [3.05, 3.63) is 153 Å². The Morgan fingerprint density at radius 2 is 1.32 bits per heavy atom. The molecule has 4 fully saturated rings. The Bertz CT molecular complexity index is 4910. The zero-order chi connectivity index (χ0) is 87.2. The third-order valence-electron chi connectivity index (χ3n) is 23.5. The molecule has 11 bridgehead atoms. The number of carbonyl (C=O) groups is 8. The number of phenols is 3. The quantitative estimate of drug-likeness (QED) is 0.0511. The maximum atomic E-state index is 16.6. The highest BCUT2D eigenvalue weighted by Gasteiger charge is 2.54. The number of ether oxygens (including phenoxy) is 8. The average molecular weight is 1720 g/mol. The van der Waals surface area contributed by atoms with E-state index >= 15 is 24.0 Å². The average Bonchev–Trinajstić information content (AvgIpc) is 1.53. The van der Waals surface area contributed by atoms with Crippen molar-refractivity contribution in [1.29, 1.82) is 0 Å². The molecule has 1 unspecified atom stereocenters. The number of nitrogens with two attached hydrogens (primary N) is 2. The van der Waals surface area contributed by atoms with Crippen LogP contribution in [0.15, 0.2) is 109 Å². The fourth-order valence-electron chi connectivity index (χ4n) is 16.9. The molecule has 9 aliphatic rings. The van der Waals surface area contributed by atoms with Crippen LogP contribution in [0.4, 0.5) is 0 Å². The first kappa shape index (κ1) is 89.1. The van der Waals surface area contributed by atoms with E-state index in [0.29, 0.717) is 12.8 Å². The van der Waals surface area contributed by atoms with Gasteiger partial charge in [-0.3, -0.25) is 33.6 Å². The first-order valence-electron chi connectivity index (χ1n) is 39.9. The van der Waals surface area contributed by atoms with E-state index in [1.807, 2.05) is 44.2 Å². The van der Waals surface area contributed by atoms with Crippen LogP contribution in [0.3, 0.4) is 0 Å². The number of ketones is 2. The Kier molecular flexibility index (Phi) is 27.1. The van der Waals surface area contributed by atoms with Gasteiger partial charge in [0.2, 0.25) is 41.6 Å². The van der Waals surface area contributed by atoms with Gasteiger partial charge in [-0.25, -0.2) is 4.79 Å². The second-order valence-corrected chi connectivity index (χ2v) is 33.6. The summed E-state index contributed by atoms with van der Waals surface area (Å²) in [5.74, 6) is -19.1. The Balaban J connectivity index is 0.986. The molecule has 3 saturated heterocycles. The summed E-state index contributed by atoms with van der Waals surface area (Å²) in [7, 11) is 0. The molecule has 36 heteroatoms. The largest absolute Gasteiger partial charge is 0.508 e. The van der Waals surface area contributed by atoms with Crippen LogP contribution in [0.1, 0.15) is 162 Å². The fraction of sp³-hybridized carbons (Fsp3) is 0.482. The Morgan fingerprint density at radius 3 is 1.96 bits per heavy atom. The number of hydrogen-bond acceptors (Lipinski definition) is 28. The first-order valence-corrected chi connectivity index (χ1v) is 40.6. The van der Waals surface area contributed by atoms with E-state index in [2.05, 4.69) is 21.3 Å². The summed E-state index contributed by atoms with van der Waals surface area (Å²) in [6, 6.07) is 15.4. The molecule has 25 atom stereocenters. The number of carboxylic acids is 1. The van der Waals surface area contributed by atoms with Crippen molar-refractivity contribution in [3.8, 4) is 57.1 Å². The zero-order valence-electron chi connectivity index (χ0n) is 66.2. The van der Waals surface area contributed by atoms with Crippen molar-refractivity contribution >= 4 is 70.3 Å². The number of phenolic OH excluding ortho intramolecular Hbond substituents is 3. The van der Waals surface area contributed by atoms with E-state index < -0.39 is 280 Å². The van der Waals surface area contributed by atoms with Crippen LogP contribution in [0.2, 0.25) is 10.0 Å². The van der Waals surface area contributed by atoms with Gasteiger partial charge in [-0.1, -0.05) is 92.5 Å². The predicted molar refractivity (Wildman–Crippen MR) is 425 cm³/mol. The molecular weight excluding hydrogens is 1620 g/mol. The van der Waals surface area contributed by atoms with Crippen molar-refractivity contribution in [3.63, 3.8) is 0 Å². The summed E-state index contributed by atoms with van der Waals surface area (Å²) in [4.78, 5) is 121. The third kappa shape index (κ3) is 19.2. The Hall–Kier alpha value is -9.70. The normalized spacial score (nSPS) is 32.2. The van der Waals surface area contributed by atoms with Gasteiger partial charge in [-0.05, 0) is 146 Å². The minimum atomic E-state index is -2.31. The molecule has 1 aliphatic carbocycles. The minimum Gasteiger partial charge on any atom is -0.508 e. The van der Waals surface area contributed by atoms with E-state index in [1.54, 1.807) is 6.92 Å². The van der Waals surface area contributed by atoms with Crippen LogP contribution in [-0.2, 0) is 62.0 Å². The van der Waals surface area contributed by atoms with Crippen molar-refractivity contribution in [2.24, 2.45) is 35.1 Å². The van der Waals surface area contributed by atoms with Crippen LogP contribution >= 0.6 is 23.2 Å². The summed E-state index contributed by atoms with van der Waals surface area (Å²) in [5, 5.41) is 149.